The van der Waals surface area contributed by atoms with Gasteiger partial charge in [-0.3, -0.25) is 14.9 Å². The lowest BCUT2D eigenvalue weighted by Crippen LogP contribution is -2.05. The molecular formula is C9H8N2O4. The van der Waals surface area contributed by atoms with Gasteiger partial charge in [-0.25, -0.2) is 0 Å². The van der Waals surface area contributed by atoms with Gasteiger partial charge in [-0.2, -0.15) is 0 Å². The van der Waals surface area contributed by atoms with Crippen molar-refractivity contribution in [3.8, 4) is 5.75 Å². The highest BCUT2D eigenvalue weighted by Crippen LogP contribution is 2.30. The van der Waals surface area contributed by atoms with Crippen LogP contribution < -0.4 is 5.73 Å². The Balaban J connectivity index is 3.23. The van der Waals surface area contributed by atoms with Crippen LogP contribution in [0.5, 0.6) is 5.75 Å². The molecule has 1 rings (SSSR count). The number of carbonyl (C=O) groups is 1. The summed E-state index contributed by atoms with van der Waals surface area (Å²) >= 11 is 0. The van der Waals surface area contributed by atoms with Gasteiger partial charge in [0.25, 0.3) is 0 Å². The summed E-state index contributed by atoms with van der Waals surface area (Å²) in [5.74, 6) is -1.17. The molecule has 1 amide bonds. The fraction of sp³-hybridized carbons (Fsp3) is 0. The molecule has 0 heterocycles. The number of para-hydroxylation sites is 1. The van der Waals surface area contributed by atoms with Gasteiger partial charge in [0.2, 0.25) is 5.91 Å². The first-order valence-corrected chi connectivity index (χ1v) is 3.96. The van der Waals surface area contributed by atoms with Crippen LogP contribution in [0.2, 0.25) is 0 Å². The molecule has 0 saturated heterocycles. The number of nitrogens with zero attached hydrogens (tertiary/aromatic N) is 1. The van der Waals surface area contributed by atoms with Gasteiger partial charge < -0.3 is 10.8 Å². The summed E-state index contributed by atoms with van der Waals surface area (Å²) in [4.78, 5) is 20.3. The molecule has 0 radical (unpaired) electrons. The molecule has 0 bridgehead atoms. The molecular weight excluding hydrogens is 200 g/mol. The minimum Gasteiger partial charge on any atom is -0.502 e. The zero-order valence-corrected chi connectivity index (χ0v) is 7.58. The number of nitrogens with two attached hydrogens (primary N) is 1. The molecule has 3 N–H and O–H groups in total. The predicted molar refractivity (Wildman–Crippen MR) is 53.0 cm³/mol. The van der Waals surface area contributed by atoms with Crippen molar-refractivity contribution in [3.05, 3.63) is 40.0 Å². The summed E-state index contributed by atoms with van der Waals surface area (Å²) in [5, 5.41) is 19.8. The van der Waals surface area contributed by atoms with Crippen LogP contribution in [0.1, 0.15) is 5.56 Å². The maximum Gasteiger partial charge on any atom is 0.317 e. The largest absolute Gasteiger partial charge is 0.502 e. The number of nitro benzene ring substituents is 1. The Morgan fingerprint density at radius 2 is 2.20 bits per heavy atom. The van der Waals surface area contributed by atoms with Gasteiger partial charge in [0.05, 0.1) is 10.5 Å². The quantitative estimate of drug-likeness (QED) is 0.435. The first-order chi connectivity index (χ1) is 7.02. The van der Waals surface area contributed by atoms with Gasteiger partial charge in [0.15, 0.2) is 5.75 Å². The molecule has 0 spiro atoms. The summed E-state index contributed by atoms with van der Waals surface area (Å²) < 4.78 is 0. The number of benzene rings is 1. The van der Waals surface area contributed by atoms with Gasteiger partial charge in [-0.1, -0.05) is 6.07 Å². The number of primary amides is 1. The van der Waals surface area contributed by atoms with Gasteiger partial charge in [0, 0.05) is 6.08 Å². The van der Waals surface area contributed by atoms with E-state index in [4.69, 9.17) is 5.73 Å². The Labute approximate surface area is 84.8 Å². The highest BCUT2D eigenvalue weighted by Gasteiger charge is 2.16. The van der Waals surface area contributed by atoms with Crippen molar-refractivity contribution in [2.24, 2.45) is 5.73 Å². The molecule has 6 nitrogen and oxygen atoms in total. The molecule has 6 heteroatoms. The van der Waals surface area contributed by atoms with E-state index in [0.717, 1.165) is 6.08 Å². The third-order valence-electron chi connectivity index (χ3n) is 1.66. The van der Waals surface area contributed by atoms with Crippen LogP contribution in [-0.4, -0.2) is 15.9 Å². The second-order valence-corrected chi connectivity index (χ2v) is 2.71. The van der Waals surface area contributed by atoms with Crippen molar-refractivity contribution in [2.45, 2.75) is 0 Å². The van der Waals surface area contributed by atoms with E-state index in [1.54, 1.807) is 0 Å². The summed E-state index contributed by atoms with van der Waals surface area (Å²) in [6.07, 6.45) is 2.17. The second kappa shape index (κ2) is 4.23. The third-order valence-corrected chi connectivity index (χ3v) is 1.66. The van der Waals surface area contributed by atoms with E-state index in [1.807, 2.05) is 0 Å². The van der Waals surface area contributed by atoms with Gasteiger partial charge >= 0.3 is 5.69 Å². The van der Waals surface area contributed by atoms with Crippen LogP contribution in [-0.2, 0) is 4.79 Å². The number of phenolic OH excluding ortho intramolecular Hbond substituents is 1. The maximum absolute atomic E-state index is 10.6. The van der Waals surface area contributed by atoms with Crippen LogP contribution in [0.3, 0.4) is 0 Å². The number of nitro groups is 1. The SMILES string of the molecule is NC(=O)/C=C/c1cccc(O)c1[N+](=O)[O-]. The standard InChI is InChI=1S/C9H8N2O4/c10-8(13)5-4-6-2-1-3-7(12)9(6)11(14)15/h1-5,12H,(H2,10,13)/b5-4+. The second-order valence-electron chi connectivity index (χ2n) is 2.71. The zero-order chi connectivity index (χ0) is 11.4. The van der Waals surface area contributed by atoms with E-state index in [0.29, 0.717) is 0 Å². The minimum atomic E-state index is -0.726. The molecule has 0 unspecified atom stereocenters. The first-order valence-electron chi connectivity index (χ1n) is 3.96. The van der Waals surface area contributed by atoms with E-state index in [1.165, 1.54) is 24.3 Å². The monoisotopic (exact) mass is 208 g/mol. The Hall–Kier alpha value is -2.37. The van der Waals surface area contributed by atoms with Crippen molar-refractivity contribution >= 4 is 17.7 Å². The zero-order valence-electron chi connectivity index (χ0n) is 7.58. The topological polar surface area (TPSA) is 106 Å². The third kappa shape index (κ3) is 2.53. The van der Waals surface area contributed by atoms with E-state index < -0.39 is 22.3 Å². The molecule has 1 aromatic rings. The normalized spacial score (nSPS) is 10.4. The number of hydrogen-bond acceptors (Lipinski definition) is 4. The van der Waals surface area contributed by atoms with Crippen molar-refractivity contribution in [3.63, 3.8) is 0 Å². The summed E-state index contributed by atoms with van der Waals surface area (Å²) in [6, 6.07) is 4.03. The number of hydrogen-bond donors (Lipinski definition) is 2. The molecule has 0 aliphatic rings. The van der Waals surface area contributed by atoms with Crippen molar-refractivity contribution in [2.75, 3.05) is 0 Å². The fourth-order valence-electron chi connectivity index (χ4n) is 1.05. The Kier molecular flexibility index (Phi) is 3.02. The Morgan fingerprint density at radius 1 is 1.53 bits per heavy atom. The number of amides is 1. The van der Waals surface area contributed by atoms with Crippen LogP contribution >= 0.6 is 0 Å². The van der Waals surface area contributed by atoms with Crippen LogP contribution in [0.25, 0.3) is 6.08 Å². The van der Waals surface area contributed by atoms with Gasteiger partial charge in [-0.15, -0.1) is 0 Å². The highest BCUT2D eigenvalue weighted by molar-refractivity contribution is 5.91. The lowest BCUT2D eigenvalue weighted by molar-refractivity contribution is -0.386. The van der Waals surface area contributed by atoms with Crippen molar-refractivity contribution < 1.29 is 14.8 Å². The minimum absolute atomic E-state index is 0.124. The number of carbonyl (C=O) groups excluding carboxylic acids is 1. The highest BCUT2D eigenvalue weighted by atomic mass is 16.6. The van der Waals surface area contributed by atoms with Crippen LogP contribution in [0.15, 0.2) is 24.3 Å². The summed E-state index contributed by atoms with van der Waals surface area (Å²) in [5.41, 5.74) is 4.52. The average molecular weight is 208 g/mol. The Morgan fingerprint density at radius 3 is 2.73 bits per heavy atom. The molecule has 0 fully saturated rings. The average Bonchev–Trinajstić information content (AvgIpc) is 2.13. The predicted octanol–water partition coefficient (Wildman–Crippen LogP) is 0.799. The summed E-state index contributed by atoms with van der Waals surface area (Å²) in [6.45, 7) is 0. The van der Waals surface area contributed by atoms with Crippen molar-refractivity contribution in [1.82, 2.24) is 0 Å². The van der Waals surface area contributed by atoms with E-state index in [2.05, 4.69) is 0 Å². The van der Waals surface area contributed by atoms with Gasteiger partial charge in [-0.05, 0) is 18.2 Å². The smallest absolute Gasteiger partial charge is 0.317 e. The molecule has 0 aliphatic carbocycles. The van der Waals surface area contributed by atoms with E-state index >= 15 is 0 Å². The molecule has 0 aliphatic heterocycles. The van der Waals surface area contributed by atoms with Crippen LogP contribution in [0, 0.1) is 10.1 Å². The lowest BCUT2D eigenvalue weighted by Gasteiger charge is -1.98. The molecule has 0 aromatic heterocycles. The van der Waals surface area contributed by atoms with Gasteiger partial charge in [0.1, 0.15) is 0 Å². The van der Waals surface area contributed by atoms with E-state index in [9.17, 15) is 20.0 Å². The maximum atomic E-state index is 10.6. The number of rotatable bonds is 3. The molecule has 15 heavy (non-hydrogen) atoms. The lowest BCUT2D eigenvalue weighted by atomic mass is 10.1. The van der Waals surface area contributed by atoms with E-state index in [-0.39, 0.29) is 5.56 Å². The van der Waals surface area contributed by atoms with Crippen LogP contribution in [0.4, 0.5) is 5.69 Å². The molecule has 78 valence electrons. The number of aromatic hydroxyl groups is 1. The molecule has 0 atom stereocenters. The first kappa shape index (κ1) is 10.7. The molecule has 0 saturated carbocycles. The Bertz CT molecular complexity index is 440. The fourth-order valence-corrected chi connectivity index (χ4v) is 1.05. The number of phenols is 1. The molecule has 1 aromatic carbocycles. The summed E-state index contributed by atoms with van der Waals surface area (Å²) in [7, 11) is 0. The van der Waals surface area contributed by atoms with Crippen molar-refractivity contribution in [1.29, 1.82) is 0 Å².